The second kappa shape index (κ2) is 10.8. The van der Waals surface area contributed by atoms with Gasteiger partial charge in [-0.15, -0.1) is 0 Å². The van der Waals surface area contributed by atoms with Gasteiger partial charge in [0.2, 0.25) is 0 Å². The molecule has 6 heteroatoms. The van der Waals surface area contributed by atoms with Gasteiger partial charge in [0, 0.05) is 22.2 Å². The summed E-state index contributed by atoms with van der Waals surface area (Å²) in [6, 6.07) is 5.49. The zero-order chi connectivity index (χ0) is 18.1. The molecule has 1 aliphatic carbocycles. The molecule has 0 amide bonds. The van der Waals surface area contributed by atoms with Gasteiger partial charge in [-0.2, -0.15) is 0 Å². The van der Waals surface area contributed by atoms with Gasteiger partial charge in [-0.1, -0.05) is 42.3 Å². The lowest BCUT2D eigenvalue weighted by Gasteiger charge is -2.20. The highest BCUT2D eigenvalue weighted by Gasteiger charge is 2.13. The summed E-state index contributed by atoms with van der Waals surface area (Å²) in [6.45, 7) is 3.72. The van der Waals surface area contributed by atoms with E-state index in [4.69, 9.17) is 28.0 Å². The largest absolute Gasteiger partial charge is 0.389 e. The van der Waals surface area contributed by atoms with Gasteiger partial charge in [-0.3, -0.25) is 10.3 Å². The first-order valence-corrected chi connectivity index (χ1v) is 9.49. The Bertz CT molecular complexity index is 597. The molecule has 1 atom stereocenters. The molecule has 0 radical (unpaired) electrons. The Kier molecular flexibility index (Phi) is 8.79. The molecule has 0 aliphatic heterocycles. The van der Waals surface area contributed by atoms with Crippen LogP contribution in [0.15, 0.2) is 35.5 Å². The third-order valence-corrected chi connectivity index (χ3v) is 4.59. The standard InChI is InChI=1S/C19H26Cl2N2O2/c1-2-10-22-12-15(24)13-25-23-19-9-4-3-6-14(19)11-16-17(20)7-5-8-18(16)21/h5,7-9,11,15,22-24H,2-4,6,10,12-13H2,1H3/t15-/m0/s1. The highest BCUT2D eigenvalue weighted by Crippen LogP contribution is 2.31. The van der Waals surface area contributed by atoms with E-state index in [1.165, 1.54) is 0 Å². The fourth-order valence-corrected chi connectivity index (χ4v) is 3.11. The van der Waals surface area contributed by atoms with Crippen LogP contribution in [0.5, 0.6) is 0 Å². The Labute approximate surface area is 159 Å². The predicted octanol–water partition coefficient (Wildman–Crippen LogP) is 4.33. The van der Waals surface area contributed by atoms with Crippen LogP contribution in [-0.2, 0) is 4.84 Å². The first-order valence-electron chi connectivity index (χ1n) is 8.73. The number of aliphatic hydroxyl groups excluding tert-OH is 1. The number of nitrogens with one attached hydrogen (secondary N) is 2. The summed E-state index contributed by atoms with van der Waals surface area (Å²) in [5.41, 5.74) is 5.80. The van der Waals surface area contributed by atoms with Gasteiger partial charge in [-0.25, -0.2) is 0 Å². The van der Waals surface area contributed by atoms with Crippen LogP contribution in [0.25, 0.3) is 6.08 Å². The normalized spacial score (nSPS) is 17.4. The minimum Gasteiger partial charge on any atom is -0.389 e. The molecule has 0 bridgehead atoms. The highest BCUT2D eigenvalue weighted by atomic mass is 35.5. The second-order valence-electron chi connectivity index (χ2n) is 6.09. The molecule has 138 valence electrons. The Hall–Kier alpha value is -1.04. The van der Waals surface area contributed by atoms with Crippen molar-refractivity contribution in [2.24, 2.45) is 0 Å². The van der Waals surface area contributed by atoms with Crippen molar-refractivity contribution in [2.75, 3.05) is 19.7 Å². The maximum Gasteiger partial charge on any atom is 0.102 e. The number of benzene rings is 1. The van der Waals surface area contributed by atoms with Crippen LogP contribution in [-0.4, -0.2) is 30.9 Å². The van der Waals surface area contributed by atoms with E-state index in [2.05, 4.69) is 23.8 Å². The number of halogens is 2. The van der Waals surface area contributed by atoms with Crippen LogP contribution in [0.2, 0.25) is 10.0 Å². The average Bonchev–Trinajstić information content (AvgIpc) is 2.60. The summed E-state index contributed by atoms with van der Waals surface area (Å²) < 4.78 is 0. The van der Waals surface area contributed by atoms with E-state index in [0.717, 1.165) is 49.1 Å². The molecular weight excluding hydrogens is 359 g/mol. The number of aliphatic hydroxyl groups is 1. The molecule has 4 nitrogen and oxygen atoms in total. The van der Waals surface area contributed by atoms with Crippen LogP contribution < -0.4 is 10.8 Å². The van der Waals surface area contributed by atoms with Crippen molar-refractivity contribution in [3.63, 3.8) is 0 Å². The van der Waals surface area contributed by atoms with E-state index in [1.807, 2.05) is 24.3 Å². The summed E-state index contributed by atoms with van der Waals surface area (Å²) in [5, 5.41) is 14.3. The van der Waals surface area contributed by atoms with E-state index in [0.29, 0.717) is 16.6 Å². The molecule has 0 heterocycles. The van der Waals surface area contributed by atoms with Crippen molar-refractivity contribution in [3.8, 4) is 0 Å². The van der Waals surface area contributed by atoms with Crippen molar-refractivity contribution in [1.29, 1.82) is 0 Å². The van der Waals surface area contributed by atoms with Crippen LogP contribution in [0.1, 0.15) is 38.2 Å². The van der Waals surface area contributed by atoms with E-state index in [9.17, 15) is 5.11 Å². The molecule has 0 saturated heterocycles. The minimum atomic E-state index is -0.548. The van der Waals surface area contributed by atoms with Crippen LogP contribution in [0.4, 0.5) is 0 Å². The van der Waals surface area contributed by atoms with Gasteiger partial charge in [0.1, 0.15) is 6.61 Å². The van der Waals surface area contributed by atoms with E-state index >= 15 is 0 Å². The molecule has 0 aromatic heterocycles. The third-order valence-electron chi connectivity index (χ3n) is 3.93. The molecule has 0 spiro atoms. The summed E-state index contributed by atoms with van der Waals surface area (Å²) in [5.74, 6) is 0. The van der Waals surface area contributed by atoms with Gasteiger partial charge >= 0.3 is 0 Å². The molecule has 3 N–H and O–H groups in total. The first-order chi connectivity index (χ1) is 12.1. The summed E-state index contributed by atoms with van der Waals surface area (Å²) >= 11 is 12.5. The summed E-state index contributed by atoms with van der Waals surface area (Å²) in [7, 11) is 0. The zero-order valence-electron chi connectivity index (χ0n) is 14.5. The Morgan fingerprint density at radius 1 is 1.32 bits per heavy atom. The monoisotopic (exact) mass is 384 g/mol. The quantitative estimate of drug-likeness (QED) is 0.438. The van der Waals surface area contributed by atoms with Crippen LogP contribution in [0, 0.1) is 0 Å². The fourth-order valence-electron chi connectivity index (χ4n) is 2.60. The Balaban J connectivity index is 1.95. The SMILES string of the molecule is CCCNC[C@H](O)CONC1=CCCCC1=Cc1c(Cl)cccc1Cl. The third kappa shape index (κ3) is 6.65. The molecule has 2 rings (SSSR count). The van der Waals surface area contributed by atoms with Gasteiger partial charge in [0.15, 0.2) is 0 Å². The molecule has 0 fully saturated rings. The number of hydrogen-bond acceptors (Lipinski definition) is 4. The maximum absolute atomic E-state index is 9.88. The maximum atomic E-state index is 9.88. The van der Waals surface area contributed by atoms with E-state index in [-0.39, 0.29) is 6.61 Å². The molecule has 1 aliphatic rings. The van der Waals surface area contributed by atoms with Crippen molar-refractivity contribution < 1.29 is 9.94 Å². The minimum absolute atomic E-state index is 0.216. The number of hydrogen-bond donors (Lipinski definition) is 3. The Morgan fingerprint density at radius 3 is 2.80 bits per heavy atom. The molecule has 0 unspecified atom stereocenters. The topological polar surface area (TPSA) is 53.5 Å². The zero-order valence-corrected chi connectivity index (χ0v) is 16.0. The average molecular weight is 385 g/mol. The lowest BCUT2D eigenvalue weighted by atomic mass is 9.96. The molecular formula is C19H26Cl2N2O2. The van der Waals surface area contributed by atoms with E-state index in [1.54, 1.807) is 0 Å². The molecule has 1 aromatic rings. The van der Waals surface area contributed by atoms with Crippen LogP contribution >= 0.6 is 23.2 Å². The molecule has 1 aromatic carbocycles. The van der Waals surface area contributed by atoms with Gasteiger partial charge < -0.3 is 10.4 Å². The smallest absolute Gasteiger partial charge is 0.102 e. The summed E-state index contributed by atoms with van der Waals surface area (Å²) in [6.07, 6.45) is 7.57. The van der Waals surface area contributed by atoms with Gasteiger partial charge in [0.25, 0.3) is 0 Å². The fraction of sp³-hybridized carbons (Fsp3) is 0.474. The van der Waals surface area contributed by atoms with Crippen molar-refractivity contribution in [2.45, 2.75) is 38.7 Å². The number of rotatable bonds is 9. The second-order valence-corrected chi connectivity index (χ2v) is 6.90. The highest BCUT2D eigenvalue weighted by molar-refractivity contribution is 6.37. The van der Waals surface area contributed by atoms with Gasteiger partial charge in [-0.05, 0) is 56.0 Å². The Morgan fingerprint density at radius 2 is 2.08 bits per heavy atom. The van der Waals surface area contributed by atoms with Gasteiger partial charge in [0.05, 0.1) is 11.8 Å². The summed E-state index contributed by atoms with van der Waals surface area (Å²) in [4.78, 5) is 5.48. The van der Waals surface area contributed by atoms with Crippen molar-refractivity contribution in [1.82, 2.24) is 10.8 Å². The molecule has 25 heavy (non-hydrogen) atoms. The lowest BCUT2D eigenvalue weighted by molar-refractivity contribution is -0.00447. The number of allylic oxidation sites excluding steroid dienone is 2. The molecule has 0 saturated carbocycles. The number of hydroxylamine groups is 1. The van der Waals surface area contributed by atoms with E-state index < -0.39 is 6.10 Å². The predicted molar refractivity (Wildman–Crippen MR) is 105 cm³/mol. The van der Waals surface area contributed by atoms with Crippen molar-refractivity contribution in [3.05, 3.63) is 51.2 Å². The van der Waals surface area contributed by atoms with Crippen LogP contribution in [0.3, 0.4) is 0 Å². The lowest BCUT2D eigenvalue weighted by Crippen LogP contribution is -2.33. The van der Waals surface area contributed by atoms with Crippen molar-refractivity contribution >= 4 is 29.3 Å². The first kappa shape index (κ1) is 20.3.